The van der Waals surface area contributed by atoms with Crippen molar-refractivity contribution in [3.63, 3.8) is 0 Å². The van der Waals surface area contributed by atoms with E-state index in [4.69, 9.17) is 0 Å². The maximum Gasteiger partial charge on any atom is 0.0537 e. The van der Waals surface area contributed by atoms with E-state index in [0.29, 0.717) is 6.04 Å². The summed E-state index contributed by atoms with van der Waals surface area (Å²) < 4.78 is 1.89. The Bertz CT molecular complexity index is 302. The molecule has 15 heavy (non-hydrogen) atoms. The molecule has 0 saturated heterocycles. The summed E-state index contributed by atoms with van der Waals surface area (Å²) in [5.74, 6) is 1.02. The molecule has 1 unspecified atom stereocenters. The van der Waals surface area contributed by atoms with Gasteiger partial charge in [-0.25, -0.2) is 0 Å². The zero-order valence-electron chi connectivity index (χ0n) is 9.74. The zero-order valence-corrected chi connectivity index (χ0v) is 9.74. The van der Waals surface area contributed by atoms with Gasteiger partial charge in [-0.05, 0) is 25.3 Å². The van der Waals surface area contributed by atoms with Crippen molar-refractivity contribution in [2.45, 2.75) is 38.6 Å². The number of nitrogens with one attached hydrogen (secondary N) is 1. The van der Waals surface area contributed by atoms with Crippen molar-refractivity contribution in [1.29, 1.82) is 0 Å². The summed E-state index contributed by atoms with van der Waals surface area (Å²) in [6, 6.07) is 0.504. The first-order valence-electron chi connectivity index (χ1n) is 6.01. The fourth-order valence-corrected chi connectivity index (χ4v) is 2.06. The Balaban J connectivity index is 1.91. The first-order chi connectivity index (χ1) is 7.29. The number of hydrogen-bond donors (Lipinski definition) is 1. The molecule has 1 aromatic heterocycles. The van der Waals surface area contributed by atoms with Gasteiger partial charge < -0.3 is 5.32 Å². The van der Waals surface area contributed by atoms with E-state index >= 15 is 0 Å². The predicted molar refractivity (Wildman–Crippen MR) is 61.6 cm³/mol. The van der Waals surface area contributed by atoms with E-state index in [0.717, 1.165) is 12.5 Å². The van der Waals surface area contributed by atoms with E-state index < -0.39 is 0 Å². The average molecular weight is 207 g/mol. The number of aromatic nitrogens is 2. The van der Waals surface area contributed by atoms with Gasteiger partial charge in [0.2, 0.25) is 0 Å². The third kappa shape index (κ3) is 3.06. The molecule has 3 heteroatoms. The van der Waals surface area contributed by atoms with Crippen molar-refractivity contribution in [2.24, 2.45) is 13.0 Å². The summed E-state index contributed by atoms with van der Waals surface area (Å²) in [4.78, 5) is 0. The lowest BCUT2D eigenvalue weighted by Crippen LogP contribution is -2.20. The highest BCUT2D eigenvalue weighted by Crippen LogP contribution is 2.35. The molecule has 1 aliphatic rings. The highest BCUT2D eigenvalue weighted by molar-refractivity contribution is 5.10. The largest absolute Gasteiger partial charge is 0.310 e. The van der Waals surface area contributed by atoms with Crippen LogP contribution in [-0.4, -0.2) is 16.3 Å². The molecule has 0 aliphatic heterocycles. The Labute approximate surface area is 91.9 Å². The topological polar surface area (TPSA) is 29.9 Å². The van der Waals surface area contributed by atoms with Crippen LogP contribution in [0.4, 0.5) is 0 Å². The van der Waals surface area contributed by atoms with Gasteiger partial charge in [-0.2, -0.15) is 5.10 Å². The lowest BCUT2D eigenvalue weighted by Gasteiger charge is -2.15. The predicted octanol–water partition coefficient (Wildman–Crippen LogP) is 2.26. The summed E-state index contributed by atoms with van der Waals surface area (Å²) in [5.41, 5.74) is 1.33. The Morgan fingerprint density at radius 2 is 2.40 bits per heavy atom. The van der Waals surface area contributed by atoms with E-state index in [1.165, 1.54) is 31.2 Å². The van der Waals surface area contributed by atoms with Crippen molar-refractivity contribution in [1.82, 2.24) is 15.1 Å². The molecule has 1 fully saturated rings. The minimum absolute atomic E-state index is 0.504. The molecule has 1 aliphatic carbocycles. The molecule has 0 aromatic carbocycles. The van der Waals surface area contributed by atoms with Crippen LogP contribution in [0.2, 0.25) is 0 Å². The lowest BCUT2D eigenvalue weighted by atomic mass is 10.0. The number of rotatable bonds is 6. The monoisotopic (exact) mass is 207 g/mol. The molecule has 1 aromatic rings. The average Bonchev–Trinajstić information content (AvgIpc) is 2.95. The Morgan fingerprint density at radius 1 is 1.60 bits per heavy atom. The van der Waals surface area contributed by atoms with Crippen molar-refractivity contribution in [2.75, 3.05) is 6.54 Å². The van der Waals surface area contributed by atoms with E-state index in [9.17, 15) is 0 Å². The van der Waals surface area contributed by atoms with Crippen LogP contribution >= 0.6 is 0 Å². The normalized spacial score (nSPS) is 18.0. The molecule has 2 rings (SSSR count). The molecule has 84 valence electrons. The third-order valence-corrected chi connectivity index (χ3v) is 3.14. The molecular formula is C12H21N3. The minimum atomic E-state index is 0.504. The summed E-state index contributed by atoms with van der Waals surface area (Å²) in [6.45, 7) is 3.20. The van der Waals surface area contributed by atoms with E-state index in [1.54, 1.807) is 0 Å². The van der Waals surface area contributed by atoms with Crippen molar-refractivity contribution in [3.05, 3.63) is 18.0 Å². The second kappa shape index (κ2) is 4.79. The maximum absolute atomic E-state index is 4.24. The highest BCUT2D eigenvalue weighted by atomic mass is 15.2. The maximum atomic E-state index is 4.24. The molecular weight excluding hydrogens is 186 g/mol. The molecule has 1 heterocycles. The van der Waals surface area contributed by atoms with Crippen LogP contribution in [0.3, 0.4) is 0 Å². The summed E-state index contributed by atoms with van der Waals surface area (Å²) in [5, 5.41) is 7.78. The first-order valence-corrected chi connectivity index (χ1v) is 6.01. The summed E-state index contributed by atoms with van der Waals surface area (Å²) >= 11 is 0. The van der Waals surface area contributed by atoms with Gasteiger partial charge in [-0.1, -0.05) is 19.8 Å². The van der Waals surface area contributed by atoms with Gasteiger partial charge in [-0.3, -0.25) is 4.68 Å². The van der Waals surface area contributed by atoms with E-state index in [1.807, 2.05) is 17.9 Å². The molecule has 1 N–H and O–H groups in total. The van der Waals surface area contributed by atoms with Crippen LogP contribution in [0.5, 0.6) is 0 Å². The molecule has 0 amide bonds. The van der Waals surface area contributed by atoms with Crippen LogP contribution in [-0.2, 0) is 7.05 Å². The minimum Gasteiger partial charge on any atom is -0.310 e. The van der Waals surface area contributed by atoms with Gasteiger partial charge in [0.25, 0.3) is 0 Å². The quantitative estimate of drug-likeness (QED) is 0.775. The third-order valence-electron chi connectivity index (χ3n) is 3.14. The number of nitrogens with zero attached hydrogens (tertiary/aromatic N) is 2. The number of hydrogen-bond acceptors (Lipinski definition) is 2. The SMILES string of the molecule is CCNC(CCC1CC1)c1cnn(C)c1. The molecule has 1 atom stereocenters. The van der Waals surface area contributed by atoms with E-state index in [2.05, 4.69) is 23.5 Å². The van der Waals surface area contributed by atoms with Crippen LogP contribution in [0.15, 0.2) is 12.4 Å². The van der Waals surface area contributed by atoms with Gasteiger partial charge in [0.15, 0.2) is 0 Å². The van der Waals surface area contributed by atoms with Crippen LogP contribution in [0.1, 0.15) is 44.2 Å². The second-order valence-electron chi connectivity index (χ2n) is 4.58. The molecule has 1 saturated carbocycles. The van der Waals surface area contributed by atoms with Crippen molar-refractivity contribution in [3.8, 4) is 0 Å². The van der Waals surface area contributed by atoms with E-state index in [-0.39, 0.29) is 0 Å². The van der Waals surface area contributed by atoms with Crippen LogP contribution in [0, 0.1) is 5.92 Å². The van der Waals surface area contributed by atoms with Crippen molar-refractivity contribution >= 4 is 0 Å². The smallest absolute Gasteiger partial charge is 0.0537 e. The lowest BCUT2D eigenvalue weighted by molar-refractivity contribution is 0.481. The van der Waals surface area contributed by atoms with Crippen LogP contribution < -0.4 is 5.32 Å². The van der Waals surface area contributed by atoms with Gasteiger partial charge in [0.1, 0.15) is 0 Å². The molecule has 0 spiro atoms. The van der Waals surface area contributed by atoms with Crippen LogP contribution in [0.25, 0.3) is 0 Å². The highest BCUT2D eigenvalue weighted by Gasteiger charge is 2.23. The molecule has 3 nitrogen and oxygen atoms in total. The number of aryl methyl sites for hydroxylation is 1. The van der Waals surface area contributed by atoms with Gasteiger partial charge in [0, 0.05) is 24.8 Å². The zero-order chi connectivity index (χ0) is 10.7. The molecule has 0 radical (unpaired) electrons. The fourth-order valence-electron chi connectivity index (χ4n) is 2.06. The first kappa shape index (κ1) is 10.7. The van der Waals surface area contributed by atoms with Gasteiger partial charge in [0.05, 0.1) is 6.20 Å². The van der Waals surface area contributed by atoms with Gasteiger partial charge >= 0.3 is 0 Å². The summed E-state index contributed by atoms with van der Waals surface area (Å²) in [6.07, 6.45) is 9.63. The van der Waals surface area contributed by atoms with Gasteiger partial charge in [-0.15, -0.1) is 0 Å². The molecule has 0 bridgehead atoms. The Kier molecular flexibility index (Phi) is 3.41. The summed E-state index contributed by atoms with van der Waals surface area (Å²) in [7, 11) is 1.98. The fraction of sp³-hybridized carbons (Fsp3) is 0.750. The second-order valence-corrected chi connectivity index (χ2v) is 4.58. The standard InChI is InChI=1S/C12H21N3/c1-3-13-12(7-6-10-4-5-10)11-8-14-15(2)9-11/h8-10,12-13H,3-7H2,1-2H3. The van der Waals surface area contributed by atoms with Crippen molar-refractivity contribution < 1.29 is 0 Å². The Hall–Kier alpha value is -0.830. The Morgan fingerprint density at radius 3 is 2.93 bits per heavy atom.